The molecule has 0 unspecified atom stereocenters. The minimum Gasteiger partial charge on any atom is -0.491 e. The van der Waals surface area contributed by atoms with Gasteiger partial charge in [0.15, 0.2) is 0 Å². The fraction of sp³-hybridized carbons (Fsp3) is 0.391. The minimum atomic E-state index is -0.367. The predicted molar refractivity (Wildman–Crippen MR) is 122 cm³/mol. The van der Waals surface area contributed by atoms with E-state index in [0.29, 0.717) is 5.69 Å². The third kappa shape index (κ3) is 6.00. The quantitative estimate of drug-likeness (QED) is 0.645. The highest BCUT2D eigenvalue weighted by Crippen LogP contribution is 2.26. The first-order valence-corrected chi connectivity index (χ1v) is 10.7. The van der Waals surface area contributed by atoms with Crippen LogP contribution in [0.3, 0.4) is 0 Å². The lowest BCUT2D eigenvalue weighted by atomic mass is 10.0. The van der Waals surface area contributed by atoms with Crippen molar-refractivity contribution >= 4 is 29.4 Å². The van der Waals surface area contributed by atoms with Crippen LogP contribution >= 0.6 is 12.2 Å². The number of halogens is 1. The topological polar surface area (TPSA) is 44.8 Å². The normalized spacial score (nSPS) is 15.1. The number of hydrogen-bond donors (Lipinski definition) is 1. The number of nitrogens with zero attached hydrogens (tertiary/aromatic N) is 2. The van der Waals surface area contributed by atoms with Gasteiger partial charge in [0.2, 0.25) is 0 Å². The molecular formula is C23H28FN3O2S. The van der Waals surface area contributed by atoms with Crippen molar-refractivity contribution in [3.8, 4) is 5.75 Å². The molecule has 160 valence electrons. The van der Waals surface area contributed by atoms with Crippen LogP contribution in [-0.2, 0) is 6.54 Å². The average molecular weight is 430 g/mol. The van der Waals surface area contributed by atoms with Crippen LogP contribution in [0, 0.1) is 5.82 Å². The molecule has 0 aliphatic carbocycles. The number of benzene rings is 2. The number of hydrogen-bond acceptors (Lipinski definition) is 4. The number of amides is 2. The maximum atomic E-state index is 13.8. The molecule has 0 spiro atoms. The molecule has 1 N–H and O–H groups in total. The van der Waals surface area contributed by atoms with Crippen LogP contribution in [-0.4, -0.2) is 41.7 Å². The van der Waals surface area contributed by atoms with Crippen molar-refractivity contribution in [2.45, 2.75) is 45.4 Å². The molecule has 5 nitrogen and oxygen atoms in total. The number of thiocarbonyl (C=S) groups is 1. The molecule has 1 aliphatic heterocycles. The number of likely N-dealkylation sites (tertiary alicyclic amines) is 1. The first kappa shape index (κ1) is 22.2. The van der Waals surface area contributed by atoms with Crippen LogP contribution in [0.25, 0.3) is 0 Å². The van der Waals surface area contributed by atoms with Gasteiger partial charge in [0.1, 0.15) is 11.6 Å². The van der Waals surface area contributed by atoms with Gasteiger partial charge in [0.05, 0.1) is 11.6 Å². The molecular weight excluding hydrogens is 401 g/mol. The summed E-state index contributed by atoms with van der Waals surface area (Å²) < 4.78 is 19.5. The summed E-state index contributed by atoms with van der Waals surface area (Å²) in [5.41, 5.74) is 2.93. The number of piperidine rings is 1. The maximum absolute atomic E-state index is 13.8. The third-order valence-corrected chi connectivity index (χ3v) is 5.20. The van der Waals surface area contributed by atoms with Crippen molar-refractivity contribution in [1.29, 1.82) is 0 Å². The summed E-state index contributed by atoms with van der Waals surface area (Å²) in [4.78, 5) is 16.6. The van der Waals surface area contributed by atoms with Crippen molar-refractivity contribution in [2.75, 3.05) is 18.0 Å². The molecule has 0 bridgehead atoms. The first-order chi connectivity index (χ1) is 14.5. The zero-order valence-electron chi connectivity index (χ0n) is 17.4. The second-order valence-electron chi connectivity index (χ2n) is 7.74. The first-order valence-electron chi connectivity index (χ1n) is 10.2. The van der Waals surface area contributed by atoms with Crippen molar-refractivity contribution in [1.82, 2.24) is 10.2 Å². The van der Waals surface area contributed by atoms with Gasteiger partial charge < -0.3 is 10.1 Å². The summed E-state index contributed by atoms with van der Waals surface area (Å²) in [7, 11) is 0. The molecule has 7 heteroatoms. The van der Waals surface area contributed by atoms with Crippen LogP contribution in [0.4, 0.5) is 14.9 Å². The summed E-state index contributed by atoms with van der Waals surface area (Å²) in [5.74, 6) is 0.514. The second kappa shape index (κ2) is 10.5. The number of urea groups is 1. The Hall–Kier alpha value is -2.51. The summed E-state index contributed by atoms with van der Waals surface area (Å²) in [6, 6.07) is 13.9. The van der Waals surface area contributed by atoms with Gasteiger partial charge in [0, 0.05) is 31.4 Å². The van der Waals surface area contributed by atoms with E-state index >= 15 is 0 Å². The lowest BCUT2D eigenvalue weighted by Crippen LogP contribution is -2.50. The van der Waals surface area contributed by atoms with Gasteiger partial charge in [-0.05, 0) is 62.6 Å². The Morgan fingerprint density at radius 1 is 1.27 bits per heavy atom. The SMILES string of the molecule is CC(C)Oc1cccc(CN2CCC(N(C(=O)NC=S)c3cccc(F)c3)CC2)c1. The van der Waals surface area contributed by atoms with E-state index in [9.17, 15) is 9.18 Å². The highest BCUT2D eigenvalue weighted by molar-refractivity contribution is 7.78. The number of rotatable bonds is 7. The molecule has 1 aliphatic rings. The zero-order chi connectivity index (χ0) is 21.5. The number of anilines is 1. The smallest absolute Gasteiger partial charge is 0.326 e. The van der Waals surface area contributed by atoms with Crippen LogP contribution < -0.4 is 15.0 Å². The third-order valence-electron chi connectivity index (χ3n) is 5.09. The van der Waals surface area contributed by atoms with Gasteiger partial charge in [-0.1, -0.05) is 30.4 Å². The Kier molecular flexibility index (Phi) is 7.76. The number of carbonyl (C=O) groups excluding carboxylic acids is 1. The average Bonchev–Trinajstić information content (AvgIpc) is 2.70. The molecule has 0 saturated carbocycles. The van der Waals surface area contributed by atoms with Crippen molar-refractivity contribution in [3.05, 3.63) is 59.9 Å². The molecule has 3 rings (SSSR count). The Balaban J connectivity index is 1.65. The van der Waals surface area contributed by atoms with Gasteiger partial charge in [-0.25, -0.2) is 9.18 Å². The fourth-order valence-corrected chi connectivity index (χ4v) is 3.92. The van der Waals surface area contributed by atoms with E-state index < -0.39 is 0 Å². The zero-order valence-corrected chi connectivity index (χ0v) is 18.2. The van der Waals surface area contributed by atoms with Gasteiger partial charge >= 0.3 is 6.03 Å². The molecule has 0 atom stereocenters. The van der Waals surface area contributed by atoms with E-state index in [2.05, 4.69) is 22.3 Å². The molecule has 0 radical (unpaired) electrons. The monoisotopic (exact) mass is 429 g/mol. The molecule has 1 fully saturated rings. The van der Waals surface area contributed by atoms with E-state index in [1.165, 1.54) is 23.2 Å². The molecule has 1 heterocycles. The molecule has 0 aromatic heterocycles. The summed E-state index contributed by atoms with van der Waals surface area (Å²) >= 11 is 4.78. The number of nitrogens with one attached hydrogen (secondary N) is 1. The fourth-order valence-electron chi connectivity index (χ4n) is 3.82. The summed E-state index contributed by atoms with van der Waals surface area (Å²) in [6.07, 6.45) is 1.73. The number of ether oxygens (including phenoxy) is 1. The van der Waals surface area contributed by atoms with E-state index in [4.69, 9.17) is 17.0 Å². The molecule has 2 aromatic carbocycles. The largest absolute Gasteiger partial charge is 0.491 e. The van der Waals surface area contributed by atoms with Crippen molar-refractivity contribution in [3.63, 3.8) is 0 Å². The van der Waals surface area contributed by atoms with E-state index in [-0.39, 0.29) is 24.0 Å². The van der Waals surface area contributed by atoms with Gasteiger partial charge in [0.25, 0.3) is 0 Å². The highest BCUT2D eigenvalue weighted by atomic mass is 32.1. The van der Waals surface area contributed by atoms with E-state index in [1.807, 2.05) is 26.0 Å². The van der Waals surface area contributed by atoms with Gasteiger partial charge in [-0.15, -0.1) is 0 Å². The minimum absolute atomic E-state index is 0.0198. The second-order valence-corrected chi connectivity index (χ2v) is 7.97. The van der Waals surface area contributed by atoms with Gasteiger partial charge in [-0.3, -0.25) is 9.80 Å². The Labute approximate surface area is 182 Å². The van der Waals surface area contributed by atoms with Crippen molar-refractivity contribution < 1.29 is 13.9 Å². The van der Waals surface area contributed by atoms with Crippen LogP contribution in [0.15, 0.2) is 48.5 Å². The van der Waals surface area contributed by atoms with Gasteiger partial charge in [-0.2, -0.15) is 0 Å². The van der Waals surface area contributed by atoms with E-state index in [0.717, 1.165) is 38.2 Å². The Bertz CT molecular complexity index is 869. The lowest BCUT2D eigenvalue weighted by molar-refractivity contribution is 0.197. The van der Waals surface area contributed by atoms with Crippen LogP contribution in [0.2, 0.25) is 0 Å². The predicted octanol–water partition coefficient (Wildman–Crippen LogP) is 4.75. The summed E-state index contributed by atoms with van der Waals surface area (Å²) in [5, 5.41) is 2.56. The number of carbonyl (C=O) groups is 1. The highest BCUT2D eigenvalue weighted by Gasteiger charge is 2.29. The molecule has 30 heavy (non-hydrogen) atoms. The van der Waals surface area contributed by atoms with Crippen LogP contribution in [0.5, 0.6) is 5.75 Å². The summed E-state index contributed by atoms with van der Waals surface area (Å²) in [6.45, 7) is 6.55. The molecule has 1 saturated heterocycles. The Morgan fingerprint density at radius 3 is 2.67 bits per heavy atom. The van der Waals surface area contributed by atoms with E-state index in [1.54, 1.807) is 17.0 Å². The Morgan fingerprint density at radius 2 is 2.00 bits per heavy atom. The maximum Gasteiger partial charge on any atom is 0.326 e. The lowest BCUT2D eigenvalue weighted by Gasteiger charge is -2.38. The van der Waals surface area contributed by atoms with Crippen molar-refractivity contribution in [2.24, 2.45) is 0 Å². The molecule has 2 amide bonds. The molecule has 2 aromatic rings. The van der Waals surface area contributed by atoms with Crippen LogP contribution in [0.1, 0.15) is 32.3 Å². The standard InChI is InChI=1S/C23H28FN3O2S/c1-17(2)29-22-8-3-5-18(13-22)15-26-11-9-20(10-12-26)27(23(28)25-16-30)21-7-4-6-19(24)14-21/h3-8,13-14,16-17,20H,9-12,15H2,1-2H3,(H,25,28,30).